The lowest BCUT2D eigenvalue weighted by atomic mass is 9.83. The topological polar surface area (TPSA) is 54.5 Å². The van der Waals surface area contributed by atoms with E-state index in [9.17, 15) is 5.26 Å². The molecule has 1 aromatic heterocycles. The summed E-state index contributed by atoms with van der Waals surface area (Å²) in [5, 5.41) is 13.7. The molecule has 0 radical (unpaired) electrons. The lowest BCUT2D eigenvalue weighted by Crippen LogP contribution is -2.21. The van der Waals surface area contributed by atoms with E-state index in [2.05, 4.69) is 30.0 Å². The third-order valence-corrected chi connectivity index (χ3v) is 3.72. The van der Waals surface area contributed by atoms with Gasteiger partial charge in [-0.3, -0.25) is 4.68 Å². The number of nitriles is 1. The predicted octanol–water partition coefficient (Wildman–Crippen LogP) is 2.56. The van der Waals surface area contributed by atoms with Gasteiger partial charge in [-0.1, -0.05) is 13.8 Å². The Kier molecular flexibility index (Phi) is 3.46. The molecular weight excluding hydrogens is 212 g/mol. The van der Waals surface area contributed by atoms with Gasteiger partial charge in [0.25, 0.3) is 0 Å². The van der Waals surface area contributed by atoms with Crippen molar-refractivity contribution in [1.82, 2.24) is 14.8 Å². The van der Waals surface area contributed by atoms with E-state index in [1.165, 1.54) is 0 Å². The molecule has 2 rings (SSSR count). The van der Waals surface area contributed by atoms with Crippen LogP contribution in [-0.4, -0.2) is 14.8 Å². The van der Waals surface area contributed by atoms with Gasteiger partial charge in [-0.05, 0) is 31.6 Å². The Bertz CT molecular complexity index is 417. The van der Waals surface area contributed by atoms with E-state index in [-0.39, 0.29) is 5.41 Å². The highest BCUT2D eigenvalue weighted by molar-refractivity contribution is 5.08. The average Bonchev–Trinajstić information content (AvgIpc) is 2.89. The average molecular weight is 232 g/mol. The Morgan fingerprint density at radius 2 is 2.47 bits per heavy atom. The molecule has 1 aliphatic carbocycles. The van der Waals surface area contributed by atoms with Gasteiger partial charge in [0.05, 0.1) is 11.5 Å². The SMILES string of the molecule is CCCn1ncnc1CC1(C#N)CCC(C)C1. The van der Waals surface area contributed by atoms with E-state index in [0.717, 1.165) is 44.5 Å². The van der Waals surface area contributed by atoms with Crippen LogP contribution in [0.2, 0.25) is 0 Å². The summed E-state index contributed by atoms with van der Waals surface area (Å²) >= 11 is 0. The van der Waals surface area contributed by atoms with Crippen LogP contribution in [0, 0.1) is 22.7 Å². The summed E-state index contributed by atoms with van der Waals surface area (Å²) in [6.45, 7) is 5.26. The van der Waals surface area contributed by atoms with Crippen LogP contribution in [0.4, 0.5) is 0 Å². The van der Waals surface area contributed by atoms with E-state index < -0.39 is 0 Å². The van der Waals surface area contributed by atoms with Crippen molar-refractivity contribution in [2.45, 2.75) is 52.5 Å². The van der Waals surface area contributed by atoms with Crippen molar-refractivity contribution in [2.75, 3.05) is 0 Å². The smallest absolute Gasteiger partial charge is 0.138 e. The number of hydrogen-bond acceptors (Lipinski definition) is 3. The van der Waals surface area contributed by atoms with Gasteiger partial charge in [-0.15, -0.1) is 0 Å². The number of aromatic nitrogens is 3. The molecule has 1 fully saturated rings. The van der Waals surface area contributed by atoms with Gasteiger partial charge >= 0.3 is 0 Å². The first-order valence-electron chi connectivity index (χ1n) is 6.47. The molecule has 0 aromatic carbocycles. The van der Waals surface area contributed by atoms with E-state index >= 15 is 0 Å². The standard InChI is InChI=1S/C13H20N4/c1-3-6-17-12(15-10-16-17)8-13(9-14)5-4-11(2)7-13/h10-11H,3-8H2,1-2H3. The molecule has 1 heterocycles. The fourth-order valence-electron chi connectivity index (χ4n) is 2.82. The lowest BCUT2D eigenvalue weighted by molar-refractivity contribution is 0.371. The Balaban J connectivity index is 2.14. The summed E-state index contributed by atoms with van der Waals surface area (Å²) in [6.07, 6.45) is 6.58. The summed E-state index contributed by atoms with van der Waals surface area (Å²) in [5.41, 5.74) is -0.196. The first-order valence-corrected chi connectivity index (χ1v) is 6.47. The van der Waals surface area contributed by atoms with Crippen molar-refractivity contribution < 1.29 is 0 Å². The molecule has 0 N–H and O–H groups in total. The second-order valence-electron chi connectivity index (χ2n) is 5.32. The number of aryl methyl sites for hydroxylation is 1. The second-order valence-corrected chi connectivity index (χ2v) is 5.32. The Morgan fingerprint density at radius 3 is 3.06 bits per heavy atom. The molecule has 92 valence electrons. The van der Waals surface area contributed by atoms with Crippen molar-refractivity contribution in [3.8, 4) is 6.07 Å². The fourth-order valence-corrected chi connectivity index (χ4v) is 2.82. The summed E-state index contributed by atoms with van der Waals surface area (Å²) in [7, 11) is 0. The largest absolute Gasteiger partial charge is 0.250 e. The highest BCUT2D eigenvalue weighted by Crippen LogP contribution is 2.43. The van der Waals surface area contributed by atoms with E-state index in [0.29, 0.717) is 5.92 Å². The van der Waals surface area contributed by atoms with Crippen molar-refractivity contribution in [3.63, 3.8) is 0 Å². The van der Waals surface area contributed by atoms with Crippen LogP contribution in [0.25, 0.3) is 0 Å². The third-order valence-electron chi connectivity index (χ3n) is 3.72. The normalized spacial score (nSPS) is 28.2. The lowest BCUT2D eigenvalue weighted by Gasteiger charge is -2.20. The molecule has 4 heteroatoms. The highest BCUT2D eigenvalue weighted by Gasteiger charge is 2.38. The monoisotopic (exact) mass is 232 g/mol. The van der Waals surface area contributed by atoms with E-state index in [1.807, 2.05) is 4.68 Å². The maximum Gasteiger partial charge on any atom is 0.138 e. The van der Waals surface area contributed by atoms with Gasteiger partial charge in [0.1, 0.15) is 12.2 Å². The fraction of sp³-hybridized carbons (Fsp3) is 0.769. The molecular formula is C13H20N4. The number of hydrogen-bond donors (Lipinski definition) is 0. The molecule has 1 saturated carbocycles. The van der Waals surface area contributed by atoms with E-state index in [4.69, 9.17) is 0 Å². The van der Waals surface area contributed by atoms with Gasteiger partial charge in [0.15, 0.2) is 0 Å². The number of rotatable bonds is 4. The van der Waals surface area contributed by atoms with Crippen LogP contribution in [-0.2, 0) is 13.0 Å². The Hall–Kier alpha value is -1.37. The van der Waals surface area contributed by atoms with Crippen LogP contribution in [0.1, 0.15) is 45.4 Å². The van der Waals surface area contributed by atoms with Gasteiger partial charge in [-0.2, -0.15) is 10.4 Å². The Labute approximate surface area is 103 Å². The third kappa shape index (κ3) is 2.49. The molecule has 17 heavy (non-hydrogen) atoms. The minimum atomic E-state index is -0.196. The van der Waals surface area contributed by atoms with Crippen molar-refractivity contribution in [1.29, 1.82) is 5.26 Å². The zero-order valence-corrected chi connectivity index (χ0v) is 10.7. The predicted molar refractivity (Wildman–Crippen MR) is 65.1 cm³/mol. The summed E-state index contributed by atoms with van der Waals surface area (Å²) in [5.74, 6) is 1.64. The van der Waals surface area contributed by atoms with Gasteiger partial charge < -0.3 is 0 Å². The van der Waals surface area contributed by atoms with Crippen molar-refractivity contribution in [2.24, 2.45) is 11.3 Å². The first kappa shape index (κ1) is 12.1. The second kappa shape index (κ2) is 4.87. The van der Waals surface area contributed by atoms with Crippen LogP contribution in [0.15, 0.2) is 6.33 Å². The van der Waals surface area contributed by atoms with Crippen LogP contribution in [0.5, 0.6) is 0 Å². The highest BCUT2D eigenvalue weighted by atomic mass is 15.3. The maximum atomic E-state index is 9.45. The van der Waals surface area contributed by atoms with Gasteiger partial charge in [-0.25, -0.2) is 4.98 Å². The minimum absolute atomic E-state index is 0.196. The Morgan fingerprint density at radius 1 is 1.65 bits per heavy atom. The van der Waals surface area contributed by atoms with Crippen LogP contribution < -0.4 is 0 Å². The molecule has 0 bridgehead atoms. The van der Waals surface area contributed by atoms with Crippen molar-refractivity contribution >= 4 is 0 Å². The van der Waals surface area contributed by atoms with Gasteiger partial charge in [0, 0.05) is 13.0 Å². The van der Waals surface area contributed by atoms with E-state index in [1.54, 1.807) is 6.33 Å². The van der Waals surface area contributed by atoms with Crippen molar-refractivity contribution in [3.05, 3.63) is 12.2 Å². The molecule has 0 saturated heterocycles. The molecule has 0 aliphatic heterocycles. The molecule has 0 spiro atoms. The number of nitrogens with zero attached hydrogens (tertiary/aromatic N) is 4. The van der Waals surface area contributed by atoms with Crippen LogP contribution in [0.3, 0.4) is 0 Å². The first-order chi connectivity index (χ1) is 8.19. The maximum absolute atomic E-state index is 9.45. The summed E-state index contributed by atoms with van der Waals surface area (Å²) in [4.78, 5) is 4.32. The molecule has 2 atom stereocenters. The van der Waals surface area contributed by atoms with Crippen LogP contribution >= 0.6 is 0 Å². The zero-order chi connectivity index (χ0) is 12.3. The molecule has 1 aromatic rings. The quantitative estimate of drug-likeness (QED) is 0.801. The van der Waals surface area contributed by atoms with Gasteiger partial charge in [0.2, 0.25) is 0 Å². The molecule has 4 nitrogen and oxygen atoms in total. The summed E-state index contributed by atoms with van der Waals surface area (Å²) < 4.78 is 1.95. The minimum Gasteiger partial charge on any atom is -0.250 e. The molecule has 1 aliphatic rings. The zero-order valence-electron chi connectivity index (χ0n) is 10.7. The molecule has 0 amide bonds. The summed E-state index contributed by atoms with van der Waals surface area (Å²) in [6, 6.07) is 2.53. The molecule has 2 unspecified atom stereocenters.